The van der Waals surface area contributed by atoms with Crippen molar-refractivity contribution in [3.8, 4) is 0 Å². The number of aliphatic hydroxyl groups is 1. The summed E-state index contributed by atoms with van der Waals surface area (Å²) in [6.07, 6.45) is 1.52. The molecule has 0 aliphatic rings. The van der Waals surface area contributed by atoms with E-state index in [1.165, 1.54) is 23.2 Å². The Labute approximate surface area is 180 Å². The molecule has 0 radical (unpaired) electrons. The highest BCUT2D eigenvalue weighted by molar-refractivity contribution is 6.31. The Kier molecular flexibility index (Phi) is 6.87. The Balaban J connectivity index is 2.00. The van der Waals surface area contributed by atoms with Crippen molar-refractivity contribution >= 4 is 34.1 Å². The van der Waals surface area contributed by atoms with Crippen LogP contribution in [0.25, 0.3) is 10.8 Å². The predicted octanol–water partition coefficient (Wildman–Crippen LogP) is 4.58. The second-order valence-corrected chi connectivity index (χ2v) is 7.30. The van der Waals surface area contributed by atoms with Crippen molar-refractivity contribution in [3.63, 3.8) is 0 Å². The number of benzene rings is 2. The van der Waals surface area contributed by atoms with Crippen LogP contribution in [0.4, 0.5) is 23.7 Å². The van der Waals surface area contributed by atoms with Gasteiger partial charge in [0.05, 0.1) is 16.5 Å². The lowest BCUT2D eigenvalue weighted by Crippen LogP contribution is -2.38. The molecule has 2 amide bonds. The molecule has 3 N–H and O–H groups in total. The molecule has 3 aromatic rings. The SMILES string of the molecule is C[C@H](c1c[nH]c(=O)c2c(F)cc(F)cc12)N(CCCO)C(=O)Nc1ccc(F)c(Cl)c1. The fourth-order valence-electron chi connectivity index (χ4n) is 3.32. The van der Waals surface area contributed by atoms with E-state index in [4.69, 9.17) is 11.6 Å². The lowest BCUT2D eigenvalue weighted by molar-refractivity contribution is 0.182. The summed E-state index contributed by atoms with van der Waals surface area (Å²) in [7, 11) is 0. The number of pyridine rings is 1. The van der Waals surface area contributed by atoms with Crippen molar-refractivity contribution < 1.29 is 23.1 Å². The number of amides is 2. The number of fused-ring (bicyclic) bond motifs is 1. The molecular formula is C21H19ClF3N3O3. The average Bonchev–Trinajstić information content (AvgIpc) is 2.70. The van der Waals surface area contributed by atoms with E-state index >= 15 is 0 Å². The molecule has 0 saturated carbocycles. The first-order valence-electron chi connectivity index (χ1n) is 9.36. The Bertz CT molecular complexity index is 1190. The minimum Gasteiger partial charge on any atom is -0.396 e. The summed E-state index contributed by atoms with van der Waals surface area (Å²) in [6, 6.07) is 3.95. The molecule has 0 fully saturated rings. The maximum absolute atomic E-state index is 14.2. The molecule has 0 aliphatic carbocycles. The molecule has 1 heterocycles. The molecule has 0 aliphatic heterocycles. The molecule has 6 nitrogen and oxygen atoms in total. The first-order chi connectivity index (χ1) is 14.7. The zero-order valence-corrected chi connectivity index (χ0v) is 17.1. The monoisotopic (exact) mass is 453 g/mol. The number of aromatic amines is 1. The molecule has 2 aromatic carbocycles. The van der Waals surface area contributed by atoms with Gasteiger partial charge in [-0.2, -0.15) is 0 Å². The zero-order chi connectivity index (χ0) is 22.7. The first-order valence-corrected chi connectivity index (χ1v) is 9.74. The Morgan fingerprint density at radius 2 is 1.97 bits per heavy atom. The van der Waals surface area contributed by atoms with Crippen LogP contribution in [0, 0.1) is 17.5 Å². The number of carbonyl (C=O) groups excluding carboxylic acids is 1. The van der Waals surface area contributed by atoms with Crippen LogP contribution in [0.2, 0.25) is 5.02 Å². The number of H-pyrrole nitrogens is 1. The number of urea groups is 1. The Hall–Kier alpha value is -3.04. The molecule has 1 atom stereocenters. The summed E-state index contributed by atoms with van der Waals surface area (Å²) in [5, 5.41) is 11.3. The summed E-state index contributed by atoms with van der Waals surface area (Å²) in [6.45, 7) is 1.51. The van der Waals surface area contributed by atoms with Gasteiger partial charge in [-0.15, -0.1) is 0 Å². The maximum atomic E-state index is 14.2. The van der Waals surface area contributed by atoms with Crippen molar-refractivity contribution in [2.24, 2.45) is 0 Å². The fraction of sp³-hybridized carbons (Fsp3) is 0.238. The number of aliphatic hydroxyl groups excluding tert-OH is 1. The van der Waals surface area contributed by atoms with Crippen LogP contribution < -0.4 is 10.9 Å². The van der Waals surface area contributed by atoms with Crippen LogP contribution in [-0.4, -0.2) is 34.2 Å². The number of nitrogens with zero attached hydrogens (tertiary/aromatic N) is 1. The Morgan fingerprint density at radius 3 is 2.65 bits per heavy atom. The van der Waals surface area contributed by atoms with E-state index in [1.807, 2.05) is 0 Å². The van der Waals surface area contributed by atoms with E-state index < -0.39 is 35.1 Å². The third-order valence-corrected chi connectivity index (χ3v) is 5.15. The lowest BCUT2D eigenvalue weighted by atomic mass is 10.0. The largest absolute Gasteiger partial charge is 0.396 e. The van der Waals surface area contributed by atoms with Gasteiger partial charge in [-0.1, -0.05) is 11.6 Å². The summed E-state index contributed by atoms with van der Waals surface area (Å²) in [5.74, 6) is -2.53. The van der Waals surface area contributed by atoms with Gasteiger partial charge in [-0.05, 0) is 48.6 Å². The van der Waals surface area contributed by atoms with E-state index in [0.29, 0.717) is 11.6 Å². The van der Waals surface area contributed by atoms with E-state index in [0.717, 1.165) is 12.1 Å². The highest BCUT2D eigenvalue weighted by atomic mass is 35.5. The number of halogens is 4. The van der Waals surface area contributed by atoms with Crippen LogP contribution >= 0.6 is 11.6 Å². The van der Waals surface area contributed by atoms with Gasteiger partial charge in [0, 0.05) is 31.1 Å². The molecule has 3 rings (SSSR count). The number of anilines is 1. The normalized spacial score (nSPS) is 12.1. The van der Waals surface area contributed by atoms with Gasteiger partial charge in [0.1, 0.15) is 17.5 Å². The van der Waals surface area contributed by atoms with Crippen molar-refractivity contribution in [2.45, 2.75) is 19.4 Å². The minimum atomic E-state index is -1.02. The second-order valence-electron chi connectivity index (χ2n) is 6.89. The highest BCUT2D eigenvalue weighted by Gasteiger charge is 2.25. The molecular weight excluding hydrogens is 435 g/mol. The maximum Gasteiger partial charge on any atom is 0.322 e. The molecule has 0 unspecified atom stereocenters. The second kappa shape index (κ2) is 9.40. The van der Waals surface area contributed by atoms with Crippen LogP contribution in [0.3, 0.4) is 0 Å². The highest BCUT2D eigenvalue weighted by Crippen LogP contribution is 2.29. The summed E-state index contributed by atoms with van der Waals surface area (Å²) < 4.78 is 41.5. The molecule has 0 spiro atoms. The van der Waals surface area contributed by atoms with Gasteiger partial charge in [0.2, 0.25) is 0 Å². The van der Waals surface area contributed by atoms with Crippen LogP contribution in [0.5, 0.6) is 0 Å². The van der Waals surface area contributed by atoms with Crippen molar-refractivity contribution in [1.29, 1.82) is 0 Å². The first kappa shape index (κ1) is 22.6. The predicted molar refractivity (Wildman–Crippen MR) is 112 cm³/mol. The number of hydrogen-bond donors (Lipinski definition) is 3. The lowest BCUT2D eigenvalue weighted by Gasteiger charge is -2.30. The van der Waals surface area contributed by atoms with Gasteiger partial charge in [0.15, 0.2) is 0 Å². The van der Waals surface area contributed by atoms with E-state index in [1.54, 1.807) is 6.92 Å². The zero-order valence-electron chi connectivity index (χ0n) is 16.4. The number of carbonyl (C=O) groups is 1. The number of aromatic nitrogens is 1. The smallest absolute Gasteiger partial charge is 0.322 e. The third kappa shape index (κ3) is 4.83. The van der Waals surface area contributed by atoms with Crippen molar-refractivity contribution in [2.75, 3.05) is 18.5 Å². The quantitative estimate of drug-likeness (QED) is 0.511. The van der Waals surface area contributed by atoms with Gasteiger partial charge in [0.25, 0.3) is 5.56 Å². The molecule has 0 bridgehead atoms. The summed E-state index contributed by atoms with van der Waals surface area (Å²) >= 11 is 5.75. The van der Waals surface area contributed by atoms with Gasteiger partial charge < -0.3 is 20.3 Å². The standard InChI is InChI=1S/C21H19ClF3N3O3/c1-11(15-10-26-20(30)19-14(15)7-12(23)8-18(19)25)28(5-2-6-29)21(31)27-13-3-4-17(24)16(22)9-13/h3-4,7-11,29H,2,5-6H2,1H3,(H,26,30)(H,27,31)/t11-/m1/s1. The van der Waals surface area contributed by atoms with Crippen LogP contribution in [0.15, 0.2) is 41.3 Å². The average molecular weight is 454 g/mol. The molecule has 31 heavy (non-hydrogen) atoms. The molecule has 164 valence electrons. The van der Waals surface area contributed by atoms with Crippen molar-refractivity contribution in [1.82, 2.24) is 9.88 Å². The molecule has 0 saturated heterocycles. The van der Waals surface area contributed by atoms with Gasteiger partial charge in [-0.3, -0.25) is 4.79 Å². The van der Waals surface area contributed by atoms with Crippen LogP contribution in [-0.2, 0) is 0 Å². The topological polar surface area (TPSA) is 85.4 Å². The number of hydrogen-bond acceptors (Lipinski definition) is 3. The van der Waals surface area contributed by atoms with E-state index in [9.17, 15) is 27.9 Å². The molecule has 10 heteroatoms. The van der Waals surface area contributed by atoms with Gasteiger partial charge >= 0.3 is 6.03 Å². The Morgan fingerprint density at radius 1 is 1.23 bits per heavy atom. The number of nitrogens with one attached hydrogen (secondary N) is 2. The summed E-state index contributed by atoms with van der Waals surface area (Å²) in [5.41, 5.74) is -0.185. The van der Waals surface area contributed by atoms with E-state index in [-0.39, 0.29) is 41.1 Å². The number of rotatable bonds is 6. The van der Waals surface area contributed by atoms with Crippen LogP contribution in [0.1, 0.15) is 24.9 Å². The fourth-order valence-corrected chi connectivity index (χ4v) is 3.50. The summed E-state index contributed by atoms with van der Waals surface area (Å²) in [4.78, 5) is 28.8. The molecule has 1 aromatic heterocycles. The van der Waals surface area contributed by atoms with Gasteiger partial charge in [-0.25, -0.2) is 18.0 Å². The third-order valence-electron chi connectivity index (χ3n) is 4.86. The van der Waals surface area contributed by atoms with E-state index in [2.05, 4.69) is 10.3 Å². The minimum absolute atomic E-state index is 0.0281. The van der Waals surface area contributed by atoms with Crippen molar-refractivity contribution in [3.05, 3.63) is 74.9 Å².